The number of ketones is 1. The van der Waals surface area contributed by atoms with E-state index in [9.17, 15) is 18.0 Å². The van der Waals surface area contributed by atoms with Crippen molar-refractivity contribution in [3.8, 4) is 11.3 Å². The number of halogens is 1. The van der Waals surface area contributed by atoms with Crippen molar-refractivity contribution in [2.45, 2.75) is 63.8 Å². The third-order valence-electron chi connectivity index (χ3n) is 8.12. The van der Waals surface area contributed by atoms with Crippen LogP contribution in [0.5, 0.6) is 0 Å². The van der Waals surface area contributed by atoms with Gasteiger partial charge in [0.25, 0.3) is 0 Å². The molecule has 0 atom stereocenters. The Labute approximate surface area is 235 Å². The summed E-state index contributed by atoms with van der Waals surface area (Å²) in [5, 5.41) is 4.70. The number of nitrogens with zero attached hydrogens (tertiary/aromatic N) is 2. The molecule has 39 heavy (non-hydrogen) atoms. The van der Waals surface area contributed by atoms with E-state index in [2.05, 4.69) is 5.32 Å². The van der Waals surface area contributed by atoms with Gasteiger partial charge in [-0.1, -0.05) is 61.5 Å². The normalized spacial score (nSPS) is 20.4. The maximum Gasteiger partial charge on any atom is 0.239 e. The topological polar surface area (TPSA) is 88.5 Å². The second-order valence-corrected chi connectivity index (χ2v) is 13.3. The molecule has 2 bridgehead atoms. The van der Waals surface area contributed by atoms with Crippen LogP contribution in [0, 0.1) is 0 Å². The summed E-state index contributed by atoms with van der Waals surface area (Å²) in [5.74, 6) is -0.766. The van der Waals surface area contributed by atoms with Crippen LogP contribution in [0.15, 0.2) is 42.5 Å². The summed E-state index contributed by atoms with van der Waals surface area (Å²) >= 11 is 6.24. The average Bonchev–Trinajstić information content (AvgIpc) is 3.23. The third-order valence-corrected chi connectivity index (χ3v) is 10.1. The van der Waals surface area contributed by atoms with E-state index in [1.54, 1.807) is 12.1 Å². The van der Waals surface area contributed by atoms with Crippen LogP contribution in [-0.4, -0.2) is 54.9 Å². The largest absolute Gasteiger partial charge is 0.355 e. The number of rotatable bonds is 2. The monoisotopic (exact) mass is 569 g/mol. The first kappa shape index (κ1) is 27.9. The number of benzene rings is 2. The van der Waals surface area contributed by atoms with E-state index in [4.69, 9.17) is 11.6 Å². The van der Waals surface area contributed by atoms with Gasteiger partial charge in [-0.2, -0.15) is 0 Å². The molecule has 1 aliphatic heterocycles. The van der Waals surface area contributed by atoms with E-state index in [0.717, 1.165) is 60.7 Å². The molecule has 0 radical (unpaired) electrons. The van der Waals surface area contributed by atoms with Crippen molar-refractivity contribution in [2.75, 3.05) is 25.9 Å². The fraction of sp³-hybridized carbons (Fsp3) is 0.467. The molecular weight excluding hydrogens is 534 g/mol. The number of hydrogen-bond donors (Lipinski definition) is 1. The SMILES string of the molecule is CN1CCCCCNC(=O)Cn2c(-c3ccc(Cl)cc3)c(C3CCCCC3)c3ccc(cc32)C(=O)CS1(=O)=O. The molecule has 5 rings (SSSR count). The lowest BCUT2D eigenvalue weighted by molar-refractivity contribution is -0.121. The van der Waals surface area contributed by atoms with Gasteiger partial charge in [0, 0.05) is 41.6 Å². The molecule has 0 saturated heterocycles. The number of amides is 1. The van der Waals surface area contributed by atoms with Gasteiger partial charge >= 0.3 is 0 Å². The van der Waals surface area contributed by atoms with Crippen molar-refractivity contribution in [2.24, 2.45) is 0 Å². The minimum absolute atomic E-state index is 0.0826. The molecule has 1 fully saturated rings. The van der Waals surface area contributed by atoms with Crippen molar-refractivity contribution in [3.63, 3.8) is 0 Å². The highest BCUT2D eigenvalue weighted by molar-refractivity contribution is 7.89. The Morgan fingerprint density at radius 2 is 1.59 bits per heavy atom. The number of Topliss-reactive ketones (excluding diaryl/α,β-unsaturated/α-hetero) is 1. The maximum absolute atomic E-state index is 13.3. The van der Waals surface area contributed by atoms with E-state index in [1.807, 2.05) is 34.9 Å². The lowest BCUT2D eigenvalue weighted by atomic mass is 9.81. The van der Waals surface area contributed by atoms with Gasteiger partial charge in [0.15, 0.2) is 5.78 Å². The Hall–Kier alpha value is -2.68. The minimum atomic E-state index is -3.73. The quantitative estimate of drug-likeness (QED) is 0.425. The fourth-order valence-electron chi connectivity index (χ4n) is 6.00. The smallest absolute Gasteiger partial charge is 0.239 e. The van der Waals surface area contributed by atoms with E-state index >= 15 is 0 Å². The molecule has 1 saturated carbocycles. The summed E-state index contributed by atoms with van der Waals surface area (Å²) < 4.78 is 29.1. The lowest BCUT2D eigenvalue weighted by Gasteiger charge is -2.24. The molecule has 208 valence electrons. The summed E-state index contributed by atoms with van der Waals surface area (Å²) in [4.78, 5) is 26.5. The molecule has 9 heteroatoms. The molecule has 2 heterocycles. The van der Waals surface area contributed by atoms with Crippen molar-refractivity contribution in [1.82, 2.24) is 14.2 Å². The van der Waals surface area contributed by atoms with E-state index in [1.165, 1.54) is 23.3 Å². The first-order valence-corrected chi connectivity index (χ1v) is 15.9. The number of carbonyl (C=O) groups is 2. The Morgan fingerprint density at radius 1 is 0.897 bits per heavy atom. The number of carbonyl (C=O) groups excluding carboxylic acids is 2. The molecule has 1 amide bonds. The predicted molar refractivity (Wildman–Crippen MR) is 156 cm³/mol. The van der Waals surface area contributed by atoms with Crippen LogP contribution >= 0.6 is 11.6 Å². The van der Waals surface area contributed by atoms with Gasteiger partial charge in [-0.3, -0.25) is 9.59 Å². The van der Waals surface area contributed by atoms with Crippen molar-refractivity contribution in [1.29, 1.82) is 0 Å². The second-order valence-electron chi connectivity index (χ2n) is 10.8. The summed E-state index contributed by atoms with van der Waals surface area (Å²) in [7, 11) is -2.21. The van der Waals surface area contributed by atoms with Gasteiger partial charge in [-0.25, -0.2) is 12.7 Å². The number of nitrogens with one attached hydrogen (secondary N) is 1. The summed E-state index contributed by atoms with van der Waals surface area (Å²) in [5.41, 5.74) is 4.25. The van der Waals surface area contributed by atoms with Gasteiger partial charge < -0.3 is 9.88 Å². The molecule has 0 spiro atoms. The fourth-order valence-corrected chi connectivity index (χ4v) is 7.25. The highest BCUT2D eigenvalue weighted by atomic mass is 35.5. The van der Waals surface area contributed by atoms with Crippen molar-refractivity contribution >= 4 is 44.2 Å². The Morgan fingerprint density at radius 3 is 2.33 bits per heavy atom. The molecule has 1 N–H and O–H groups in total. The summed E-state index contributed by atoms with van der Waals surface area (Å²) in [6, 6.07) is 13.1. The molecule has 1 aromatic heterocycles. The van der Waals surface area contributed by atoms with E-state index < -0.39 is 21.6 Å². The number of fused-ring (bicyclic) bond motifs is 1. The van der Waals surface area contributed by atoms with Crippen LogP contribution in [0.2, 0.25) is 5.02 Å². The van der Waals surface area contributed by atoms with Gasteiger partial charge in [0.2, 0.25) is 15.9 Å². The molecule has 3 aromatic rings. The molecule has 0 unspecified atom stereocenters. The highest BCUT2D eigenvalue weighted by Gasteiger charge is 2.29. The molecule has 7 nitrogen and oxygen atoms in total. The van der Waals surface area contributed by atoms with Gasteiger partial charge in [-0.15, -0.1) is 0 Å². The Bertz CT molecular complexity index is 1470. The van der Waals surface area contributed by atoms with Crippen LogP contribution in [0.1, 0.15) is 73.2 Å². The Kier molecular flexibility index (Phi) is 8.45. The first-order chi connectivity index (χ1) is 18.7. The minimum Gasteiger partial charge on any atom is -0.355 e. The second kappa shape index (κ2) is 11.8. The maximum atomic E-state index is 13.3. The summed E-state index contributed by atoms with van der Waals surface area (Å²) in [6.07, 6.45) is 7.86. The van der Waals surface area contributed by atoms with Crippen LogP contribution in [-0.2, 0) is 21.4 Å². The molecular formula is C30H36ClN3O4S. The average molecular weight is 570 g/mol. The van der Waals surface area contributed by atoms with Gasteiger partial charge in [0.1, 0.15) is 12.3 Å². The van der Waals surface area contributed by atoms with Crippen LogP contribution in [0.4, 0.5) is 0 Å². The van der Waals surface area contributed by atoms with Crippen LogP contribution < -0.4 is 5.32 Å². The predicted octanol–water partition coefficient (Wildman–Crippen LogP) is 5.75. The van der Waals surface area contributed by atoms with Crippen LogP contribution in [0.3, 0.4) is 0 Å². The molecule has 2 aliphatic rings. The summed E-state index contributed by atoms with van der Waals surface area (Å²) in [6.45, 7) is 0.991. The lowest BCUT2D eigenvalue weighted by Crippen LogP contribution is -2.33. The first-order valence-electron chi connectivity index (χ1n) is 13.9. The Balaban J connectivity index is 1.71. The molecule has 2 aromatic carbocycles. The zero-order valence-corrected chi connectivity index (χ0v) is 24.0. The van der Waals surface area contributed by atoms with Crippen molar-refractivity contribution < 1.29 is 18.0 Å². The van der Waals surface area contributed by atoms with E-state index in [-0.39, 0.29) is 12.5 Å². The van der Waals surface area contributed by atoms with Gasteiger partial charge in [-0.05, 0) is 60.9 Å². The number of aromatic nitrogens is 1. The third kappa shape index (κ3) is 6.08. The van der Waals surface area contributed by atoms with Gasteiger partial charge in [0.05, 0.1) is 5.69 Å². The highest BCUT2D eigenvalue weighted by Crippen LogP contribution is 2.44. The number of hydrogen-bond acceptors (Lipinski definition) is 4. The zero-order chi connectivity index (χ0) is 27.6. The standard InChI is InChI=1S/C30H36ClN3O4S/c1-33-17-7-3-6-16-32-28(36)19-34-26-18-23(27(35)20-39(33,37)38)12-15-25(26)29(21-8-4-2-5-9-21)30(34)22-10-13-24(31)14-11-22/h10-15,18,21H,2-9,16-17,19-20H2,1H3,(H,32,36). The zero-order valence-electron chi connectivity index (χ0n) is 22.4. The van der Waals surface area contributed by atoms with E-state index in [0.29, 0.717) is 36.0 Å². The number of sulfonamides is 1. The van der Waals surface area contributed by atoms with Crippen LogP contribution in [0.25, 0.3) is 22.2 Å². The molecule has 1 aliphatic carbocycles. The van der Waals surface area contributed by atoms with Crippen molar-refractivity contribution in [3.05, 3.63) is 58.6 Å².